The molecule has 2 N–H and O–H groups in total. The molecule has 0 atom stereocenters. The van der Waals surface area contributed by atoms with Gasteiger partial charge in [-0.1, -0.05) is 11.6 Å². The highest BCUT2D eigenvalue weighted by Gasteiger charge is 2.17. The Balaban J connectivity index is 1.87. The van der Waals surface area contributed by atoms with Crippen LogP contribution in [0, 0.1) is 5.82 Å². The van der Waals surface area contributed by atoms with Gasteiger partial charge in [0.25, 0.3) is 5.91 Å². The Hall–Kier alpha value is -1.61. The molecule has 0 saturated heterocycles. The summed E-state index contributed by atoms with van der Waals surface area (Å²) in [5.74, 6) is 0.0318. The van der Waals surface area contributed by atoms with Crippen molar-refractivity contribution < 1.29 is 17.6 Å². The molecule has 2 rings (SSSR count). The number of benzene rings is 2. The first-order valence-electron chi connectivity index (χ1n) is 7.73. The van der Waals surface area contributed by atoms with Gasteiger partial charge in [0.1, 0.15) is 5.82 Å². The molecule has 0 aromatic heterocycles. The average molecular weight is 417 g/mol. The molecule has 0 unspecified atom stereocenters. The Morgan fingerprint density at radius 3 is 2.54 bits per heavy atom. The van der Waals surface area contributed by atoms with Gasteiger partial charge in [-0.3, -0.25) is 4.79 Å². The fourth-order valence-electron chi connectivity index (χ4n) is 2.05. The van der Waals surface area contributed by atoms with E-state index in [0.29, 0.717) is 13.0 Å². The van der Waals surface area contributed by atoms with Crippen molar-refractivity contribution in [1.29, 1.82) is 0 Å². The van der Waals surface area contributed by atoms with E-state index in [1.807, 2.05) is 0 Å². The Morgan fingerprint density at radius 1 is 1.19 bits per heavy atom. The highest BCUT2D eigenvalue weighted by molar-refractivity contribution is 7.99. The van der Waals surface area contributed by atoms with Crippen molar-refractivity contribution in [2.45, 2.75) is 16.2 Å². The van der Waals surface area contributed by atoms with E-state index in [1.165, 1.54) is 37.4 Å². The van der Waals surface area contributed by atoms with Crippen LogP contribution in [0.3, 0.4) is 0 Å². The Morgan fingerprint density at radius 2 is 1.88 bits per heavy atom. The van der Waals surface area contributed by atoms with Crippen LogP contribution < -0.4 is 10.0 Å². The third-order valence-electron chi connectivity index (χ3n) is 3.45. The lowest BCUT2D eigenvalue weighted by atomic mass is 10.2. The molecule has 2 aromatic rings. The third-order valence-corrected chi connectivity index (χ3v) is 6.29. The molecule has 0 radical (unpaired) electrons. The molecule has 1 amide bonds. The molecule has 5 nitrogen and oxygen atoms in total. The number of carbonyl (C=O) groups excluding carboxylic acids is 1. The number of hydrogen-bond donors (Lipinski definition) is 2. The lowest BCUT2D eigenvalue weighted by Gasteiger charge is -2.09. The second-order valence-corrected chi connectivity index (χ2v) is 8.72. The van der Waals surface area contributed by atoms with E-state index in [9.17, 15) is 17.6 Å². The molecular weight excluding hydrogens is 399 g/mol. The Bertz CT molecular complexity index is 874. The summed E-state index contributed by atoms with van der Waals surface area (Å²) in [6.45, 7) is 0.409. The molecule has 0 fully saturated rings. The van der Waals surface area contributed by atoms with Gasteiger partial charge in [0.05, 0.1) is 15.5 Å². The first kappa shape index (κ1) is 20.7. The zero-order valence-corrected chi connectivity index (χ0v) is 16.3. The molecule has 0 aliphatic rings. The molecule has 0 aliphatic carbocycles. The van der Waals surface area contributed by atoms with Gasteiger partial charge in [0, 0.05) is 11.4 Å². The minimum Gasteiger partial charge on any atom is -0.352 e. The number of nitrogens with one attached hydrogen (secondary N) is 2. The van der Waals surface area contributed by atoms with E-state index in [0.717, 1.165) is 10.6 Å². The standard InChI is InChI=1S/C17H18ClFN2O3S2/c1-20-26(23,24)14-7-8-16(18)15(11-14)17(22)21-9-2-10-25-13-5-3-12(19)4-6-13/h3-8,11,20H,2,9-10H2,1H3,(H,21,22). The van der Waals surface area contributed by atoms with Crippen molar-refractivity contribution in [3.8, 4) is 0 Å². The number of sulfonamides is 1. The first-order chi connectivity index (χ1) is 12.3. The van der Waals surface area contributed by atoms with Crippen molar-refractivity contribution in [2.75, 3.05) is 19.3 Å². The lowest BCUT2D eigenvalue weighted by Crippen LogP contribution is -2.26. The Kier molecular flexibility index (Phi) is 7.45. The van der Waals surface area contributed by atoms with Gasteiger partial charge in [0.15, 0.2) is 0 Å². The van der Waals surface area contributed by atoms with E-state index in [4.69, 9.17) is 11.6 Å². The highest BCUT2D eigenvalue weighted by Crippen LogP contribution is 2.21. The van der Waals surface area contributed by atoms with Gasteiger partial charge in [-0.05, 0) is 61.7 Å². The molecule has 0 heterocycles. The summed E-state index contributed by atoms with van der Waals surface area (Å²) in [5.41, 5.74) is 0.106. The van der Waals surface area contributed by atoms with Crippen molar-refractivity contribution in [3.05, 3.63) is 58.9 Å². The zero-order valence-electron chi connectivity index (χ0n) is 14.0. The highest BCUT2D eigenvalue weighted by atomic mass is 35.5. The van der Waals surface area contributed by atoms with Gasteiger partial charge in [-0.15, -0.1) is 11.8 Å². The molecule has 0 spiro atoms. The summed E-state index contributed by atoms with van der Waals surface area (Å²) in [6.07, 6.45) is 0.694. The lowest BCUT2D eigenvalue weighted by molar-refractivity contribution is 0.0953. The van der Waals surface area contributed by atoms with Crippen LogP contribution in [-0.4, -0.2) is 33.7 Å². The van der Waals surface area contributed by atoms with Gasteiger partial charge in [-0.2, -0.15) is 0 Å². The van der Waals surface area contributed by atoms with E-state index >= 15 is 0 Å². The third kappa shape index (κ3) is 5.70. The van der Waals surface area contributed by atoms with Crippen LogP contribution in [0.1, 0.15) is 16.8 Å². The van der Waals surface area contributed by atoms with E-state index in [1.54, 1.807) is 23.9 Å². The van der Waals surface area contributed by atoms with Crippen LogP contribution in [0.2, 0.25) is 5.02 Å². The molecule has 9 heteroatoms. The molecular formula is C17H18ClFN2O3S2. The maximum atomic E-state index is 12.8. The predicted octanol–water partition coefficient (Wildman–Crippen LogP) is 3.30. The van der Waals surface area contributed by atoms with Crippen LogP contribution >= 0.6 is 23.4 Å². The summed E-state index contributed by atoms with van der Waals surface area (Å²) in [7, 11) is -2.36. The van der Waals surface area contributed by atoms with E-state index < -0.39 is 15.9 Å². The number of rotatable bonds is 8. The minimum absolute atomic E-state index is 0.0265. The summed E-state index contributed by atoms with van der Waals surface area (Å²) in [4.78, 5) is 13.2. The predicted molar refractivity (Wildman–Crippen MR) is 102 cm³/mol. The fourth-order valence-corrected chi connectivity index (χ4v) is 3.87. The van der Waals surface area contributed by atoms with E-state index in [2.05, 4.69) is 10.0 Å². The molecule has 26 heavy (non-hydrogen) atoms. The summed E-state index contributed by atoms with van der Waals surface area (Å²) >= 11 is 7.56. The van der Waals surface area contributed by atoms with Gasteiger partial charge >= 0.3 is 0 Å². The largest absolute Gasteiger partial charge is 0.352 e. The zero-order chi connectivity index (χ0) is 19.2. The van der Waals surface area contributed by atoms with Gasteiger partial charge in [-0.25, -0.2) is 17.5 Å². The fraction of sp³-hybridized carbons (Fsp3) is 0.235. The first-order valence-corrected chi connectivity index (χ1v) is 10.6. The summed E-state index contributed by atoms with van der Waals surface area (Å²) < 4.78 is 38.7. The smallest absolute Gasteiger partial charge is 0.252 e. The van der Waals surface area contributed by atoms with Crippen LogP contribution in [0.25, 0.3) is 0 Å². The quantitative estimate of drug-likeness (QED) is 0.511. The van der Waals surface area contributed by atoms with Crippen LogP contribution in [-0.2, 0) is 10.0 Å². The Labute approximate surface area is 161 Å². The number of hydrogen-bond acceptors (Lipinski definition) is 4. The normalized spacial score (nSPS) is 11.3. The summed E-state index contributed by atoms with van der Waals surface area (Å²) in [5, 5.41) is 2.90. The molecule has 0 bridgehead atoms. The van der Waals surface area contributed by atoms with Gasteiger partial charge in [0.2, 0.25) is 10.0 Å². The topological polar surface area (TPSA) is 75.3 Å². The van der Waals surface area contributed by atoms with Crippen LogP contribution in [0.4, 0.5) is 4.39 Å². The SMILES string of the molecule is CNS(=O)(=O)c1ccc(Cl)c(C(=O)NCCCSc2ccc(F)cc2)c1. The number of carbonyl (C=O) groups is 1. The second-order valence-electron chi connectivity index (χ2n) is 5.26. The molecule has 140 valence electrons. The second kappa shape index (κ2) is 9.36. The molecule has 0 aliphatic heterocycles. The molecule has 2 aromatic carbocycles. The number of halogens is 2. The van der Waals surface area contributed by atoms with Crippen LogP contribution in [0.5, 0.6) is 0 Å². The van der Waals surface area contributed by atoms with E-state index in [-0.39, 0.29) is 21.3 Å². The average Bonchev–Trinajstić information content (AvgIpc) is 2.63. The van der Waals surface area contributed by atoms with Crippen molar-refractivity contribution in [1.82, 2.24) is 10.0 Å². The maximum Gasteiger partial charge on any atom is 0.252 e. The van der Waals surface area contributed by atoms with Gasteiger partial charge < -0.3 is 5.32 Å². The van der Waals surface area contributed by atoms with Crippen molar-refractivity contribution in [2.24, 2.45) is 0 Å². The molecule has 0 saturated carbocycles. The minimum atomic E-state index is -3.65. The van der Waals surface area contributed by atoms with Crippen LogP contribution in [0.15, 0.2) is 52.3 Å². The van der Waals surface area contributed by atoms with Crippen molar-refractivity contribution in [3.63, 3.8) is 0 Å². The maximum absolute atomic E-state index is 12.8. The number of thioether (sulfide) groups is 1. The van der Waals surface area contributed by atoms with Crippen molar-refractivity contribution >= 4 is 39.3 Å². The number of amides is 1. The monoisotopic (exact) mass is 416 g/mol. The summed E-state index contributed by atoms with van der Waals surface area (Å²) in [6, 6.07) is 10.2.